The van der Waals surface area contributed by atoms with Gasteiger partial charge in [-0.2, -0.15) is 0 Å². The first-order valence-corrected chi connectivity index (χ1v) is 6.27. The molecule has 0 spiro atoms. The Morgan fingerprint density at radius 2 is 1.88 bits per heavy atom. The molecule has 4 heteroatoms. The van der Waals surface area contributed by atoms with E-state index in [9.17, 15) is 0 Å². The summed E-state index contributed by atoms with van der Waals surface area (Å²) >= 11 is 1.87. The van der Waals surface area contributed by atoms with E-state index < -0.39 is 0 Å². The normalized spacial score (nSPS) is 10.4. The Kier molecular flexibility index (Phi) is 5.19. The van der Waals surface area contributed by atoms with Gasteiger partial charge in [0.2, 0.25) is 0 Å². The molecule has 0 bridgehead atoms. The van der Waals surface area contributed by atoms with Crippen LogP contribution in [0.4, 0.5) is 0 Å². The second kappa shape index (κ2) is 6.43. The first-order valence-electron chi connectivity index (χ1n) is 5.39. The van der Waals surface area contributed by atoms with Gasteiger partial charge < -0.3 is 11.5 Å². The van der Waals surface area contributed by atoms with Gasteiger partial charge in [-0.1, -0.05) is 26.0 Å². The summed E-state index contributed by atoms with van der Waals surface area (Å²) in [7, 11) is 0. The van der Waals surface area contributed by atoms with Gasteiger partial charge in [0, 0.05) is 16.7 Å². The molecule has 0 aliphatic carbocycles. The van der Waals surface area contributed by atoms with E-state index in [0.29, 0.717) is 11.8 Å². The monoisotopic (exact) mass is 237 g/mol. The molecule has 1 aromatic carbocycles. The minimum Gasteiger partial charge on any atom is -0.370 e. The van der Waals surface area contributed by atoms with E-state index in [2.05, 4.69) is 43.1 Å². The number of thioether (sulfide) groups is 1. The maximum absolute atomic E-state index is 5.26. The van der Waals surface area contributed by atoms with Gasteiger partial charge in [0.1, 0.15) is 0 Å². The van der Waals surface area contributed by atoms with Crippen molar-refractivity contribution in [1.29, 1.82) is 0 Å². The van der Waals surface area contributed by atoms with Crippen molar-refractivity contribution in [2.24, 2.45) is 16.5 Å². The molecule has 0 unspecified atom stereocenters. The molecule has 88 valence electrons. The Morgan fingerprint density at radius 1 is 1.25 bits per heavy atom. The van der Waals surface area contributed by atoms with Gasteiger partial charge in [-0.3, -0.25) is 4.99 Å². The van der Waals surface area contributed by atoms with Crippen LogP contribution in [-0.2, 0) is 6.42 Å². The molecular formula is C12H19N3S. The summed E-state index contributed by atoms with van der Waals surface area (Å²) in [5.41, 5.74) is 11.8. The molecule has 1 rings (SSSR count). The highest BCUT2D eigenvalue weighted by Gasteiger charge is 1.98. The van der Waals surface area contributed by atoms with Crippen molar-refractivity contribution in [3.63, 3.8) is 0 Å². The molecule has 16 heavy (non-hydrogen) atoms. The second-order valence-electron chi connectivity index (χ2n) is 3.87. The Balaban J connectivity index is 2.48. The van der Waals surface area contributed by atoms with Crippen molar-refractivity contribution < 1.29 is 0 Å². The molecule has 0 saturated heterocycles. The molecule has 0 fully saturated rings. The van der Waals surface area contributed by atoms with Crippen LogP contribution in [0.1, 0.15) is 19.4 Å². The van der Waals surface area contributed by atoms with Crippen LogP contribution >= 0.6 is 11.8 Å². The van der Waals surface area contributed by atoms with Crippen LogP contribution in [-0.4, -0.2) is 17.8 Å². The van der Waals surface area contributed by atoms with E-state index in [1.165, 1.54) is 10.5 Å². The highest BCUT2D eigenvalue weighted by molar-refractivity contribution is 7.99. The third-order valence-electron chi connectivity index (χ3n) is 1.99. The van der Waals surface area contributed by atoms with Crippen LogP contribution in [0.5, 0.6) is 0 Å². The highest BCUT2D eigenvalue weighted by Crippen LogP contribution is 2.22. The van der Waals surface area contributed by atoms with Crippen molar-refractivity contribution in [1.82, 2.24) is 0 Å². The predicted octanol–water partition coefficient (Wildman–Crippen LogP) is 2.00. The molecule has 0 aliphatic heterocycles. The third kappa shape index (κ3) is 5.07. The number of nitrogens with zero attached hydrogens (tertiary/aromatic N) is 1. The fraction of sp³-hybridized carbons (Fsp3) is 0.417. The van der Waals surface area contributed by atoms with Gasteiger partial charge in [-0.25, -0.2) is 0 Å². The van der Waals surface area contributed by atoms with E-state index in [1.54, 1.807) is 0 Å². The zero-order valence-electron chi connectivity index (χ0n) is 9.81. The molecule has 0 aromatic heterocycles. The maximum atomic E-state index is 5.26. The van der Waals surface area contributed by atoms with Gasteiger partial charge in [0.15, 0.2) is 5.96 Å². The van der Waals surface area contributed by atoms with Crippen molar-refractivity contribution in [2.75, 3.05) is 6.54 Å². The average molecular weight is 237 g/mol. The van der Waals surface area contributed by atoms with Gasteiger partial charge >= 0.3 is 0 Å². The molecule has 3 nitrogen and oxygen atoms in total. The Hall–Kier alpha value is -1.16. The minimum atomic E-state index is 0.159. The molecular weight excluding hydrogens is 218 g/mol. The van der Waals surface area contributed by atoms with E-state index in [-0.39, 0.29) is 5.96 Å². The van der Waals surface area contributed by atoms with E-state index in [1.807, 2.05) is 11.8 Å². The summed E-state index contributed by atoms with van der Waals surface area (Å²) in [4.78, 5) is 5.26. The van der Waals surface area contributed by atoms with Crippen molar-refractivity contribution >= 4 is 17.7 Å². The first kappa shape index (κ1) is 12.9. The number of rotatable bonds is 5. The molecule has 4 N–H and O–H groups in total. The van der Waals surface area contributed by atoms with Gasteiger partial charge in [0.05, 0.1) is 0 Å². The number of benzene rings is 1. The molecule has 1 aromatic rings. The number of hydrogen-bond donors (Lipinski definition) is 2. The molecule has 0 saturated carbocycles. The number of hydrogen-bond acceptors (Lipinski definition) is 2. The summed E-state index contributed by atoms with van der Waals surface area (Å²) in [6.07, 6.45) is 0.879. The summed E-state index contributed by atoms with van der Waals surface area (Å²) in [5, 5.41) is 0.618. The van der Waals surface area contributed by atoms with E-state index in [0.717, 1.165) is 6.42 Å². The van der Waals surface area contributed by atoms with Crippen LogP contribution in [0, 0.1) is 0 Å². The van der Waals surface area contributed by atoms with Crippen molar-refractivity contribution in [2.45, 2.75) is 30.4 Å². The van der Waals surface area contributed by atoms with Crippen LogP contribution in [0.3, 0.4) is 0 Å². The zero-order chi connectivity index (χ0) is 12.0. The summed E-state index contributed by atoms with van der Waals surface area (Å²) in [5.74, 6) is 0.159. The molecule has 0 radical (unpaired) electrons. The number of nitrogens with two attached hydrogens (primary N) is 2. The fourth-order valence-corrected chi connectivity index (χ4v) is 2.16. The molecule has 0 heterocycles. The number of guanidine groups is 1. The van der Waals surface area contributed by atoms with Crippen LogP contribution in [0.15, 0.2) is 34.2 Å². The minimum absolute atomic E-state index is 0.159. The first-order chi connectivity index (χ1) is 7.58. The molecule has 0 atom stereocenters. The average Bonchev–Trinajstić information content (AvgIpc) is 2.19. The van der Waals surface area contributed by atoms with Crippen molar-refractivity contribution in [3.8, 4) is 0 Å². The SMILES string of the molecule is CC(C)Sc1ccc(CCN=C(N)N)cc1. The Labute approximate surface area is 101 Å². The summed E-state index contributed by atoms with van der Waals surface area (Å²) in [6, 6.07) is 8.56. The fourth-order valence-electron chi connectivity index (χ4n) is 1.32. The molecule has 0 aliphatic rings. The lowest BCUT2D eigenvalue weighted by Crippen LogP contribution is -2.23. The van der Waals surface area contributed by atoms with E-state index >= 15 is 0 Å². The Morgan fingerprint density at radius 3 is 2.38 bits per heavy atom. The maximum Gasteiger partial charge on any atom is 0.185 e. The largest absolute Gasteiger partial charge is 0.370 e. The topological polar surface area (TPSA) is 64.4 Å². The third-order valence-corrected chi connectivity index (χ3v) is 3.01. The lowest BCUT2D eigenvalue weighted by atomic mass is 10.1. The van der Waals surface area contributed by atoms with E-state index in [4.69, 9.17) is 11.5 Å². The molecule has 0 amide bonds. The standard InChI is InChI=1S/C12H19N3S/c1-9(2)16-11-5-3-10(4-6-11)7-8-15-12(13)14/h3-6,9H,7-8H2,1-2H3,(H4,13,14,15). The smallest absolute Gasteiger partial charge is 0.185 e. The summed E-state index contributed by atoms with van der Waals surface area (Å²) < 4.78 is 0. The zero-order valence-corrected chi connectivity index (χ0v) is 10.6. The Bertz CT molecular complexity index is 340. The predicted molar refractivity (Wildman–Crippen MR) is 71.8 cm³/mol. The number of aliphatic imine (C=N–C) groups is 1. The van der Waals surface area contributed by atoms with Crippen molar-refractivity contribution in [3.05, 3.63) is 29.8 Å². The lowest BCUT2D eigenvalue weighted by Gasteiger charge is -2.05. The van der Waals surface area contributed by atoms with Gasteiger partial charge in [0.25, 0.3) is 0 Å². The van der Waals surface area contributed by atoms with Crippen LogP contribution in [0.25, 0.3) is 0 Å². The lowest BCUT2D eigenvalue weighted by molar-refractivity contribution is 0.960. The van der Waals surface area contributed by atoms with Gasteiger partial charge in [-0.05, 0) is 24.1 Å². The van der Waals surface area contributed by atoms with Crippen LogP contribution < -0.4 is 11.5 Å². The quantitative estimate of drug-likeness (QED) is 0.468. The second-order valence-corrected chi connectivity index (χ2v) is 5.52. The highest BCUT2D eigenvalue weighted by atomic mass is 32.2. The van der Waals surface area contributed by atoms with Gasteiger partial charge in [-0.15, -0.1) is 11.8 Å². The van der Waals surface area contributed by atoms with Crippen LogP contribution in [0.2, 0.25) is 0 Å². The summed E-state index contributed by atoms with van der Waals surface area (Å²) in [6.45, 7) is 5.04.